The van der Waals surface area contributed by atoms with E-state index < -0.39 is 0 Å². The third-order valence-corrected chi connectivity index (χ3v) is 4.69. The summed E-state index contributed by atoms with van der Waals surface area (Å²) in [7, 11) is 0. The molecule has 106 valence electrons. The molecule has 0 bridgehead atoms. The fourth-order valence-corrected chi connectivity index (χ4v) is 3.50. The van der Waals surface area contributed by atoms with Gasteiger partial charge in [0.25, 0.3) is 0 Å². The Labute approximate surface area is 132 Å². The highest BCUT2D eigenvalue weighted by atomic mass is 32.2. The molecule has 0 fully saturated rings. The average Bonchev–Trinajstić information content (AvgIpc) is 2.80. The number of hydrogen-bond acceptors (Lipinski definition) is 3. The molecule has 3 N–H and O–H groups in total. The zero-order chi connectivity index (χ0) is 15.1. The van der Waals surface area contributed by atoms with E-state index in [9.17, 15) is 0 Å². The van der Waals surface area contributed by atoms with E-state index >= 15 is 0 Å². The van der Waals surface area contributed by atoms with E-state index in [4.69, 9.17) is 11.1 Å². The molecule has 1 aliphatic rings. The van der Waals surface area contributed by atoms with Crippen LogP contribution in [-0.2, 0) is 0 Å². The summed E-state index contributed by atoms with van der Waals surface area (Å²) in [6.45, 7) is 0. The van der Waals surface area contributed by atoms with Gasteiger partial charge in [-0.3, -0.25) is 5.41 Å². The Morgan fingerprint density at radius 1 is 0.818 bits per heavy atom. The maximum Gasteiger partial charge on any atom is 0.154 e. The molecule has 0 radical (unpaired) electrons. The van der Waals surface area contributed by atoms with Crippen molar-refractivity contribution >= 4 is 34.2 Å². The molecule has 0 unspecified atom stereocenters. The quantitative estimate of drug-likeness (QED) is 0.750. The van der Waals surface area contributed by atoms with Crippen molar-refractivity contribution in [3.63, 3.8) is 0 Å². The molecule has 22 heavy (non-hydrogen) atoms. The first-order valence-corrected chi connectivity index (χ1v) is 7.76. The molecule has 0 saturated heterocycles. The third-order valence-electron chi connectivity index (χ3n) is 3.69. The van der Waals surface area contributed by atoms with Gasteiger partial charge in [0.05, 0.1) is 0 Å². The lowest BCUT2D eigenvalue weighted by molar-refractivity contribution is 1.42. The Morgan fingerprint density at radius 3 is 2.41 bits per heavy atom. The first-order valence-electron chi connectivity index (χ1n) is 6.95. The maximum atomic E-state index is 7.90. The second kappa shape index (κ2) is 5.00. The Morgan fingerprint density at radius 2 is 1.59 bits per heavy atom. The minimum atomic E-state index is 0.246. The number of hydrogen-bond donors (Lipinski definition) is 2. The molecule has 1 aliphatic heterocycles. The number of nitrogens with two attached hydrogens (primary N) is 1. The van der Waals surface area contributed by atoms with Crippen LogP contribution in [0.5, 0.6) is 0 Å². The highest BCUT2D eigenvalue weighted by Gasteiger charge is 2.19. The molecule has 4 rings (SSSR count). The normalized spacial score (nSPS) is 13.3. The topological polar surface area (TPSA) is 62.2 Å². The van der Waals surface area contributed by atoms with Crippen LogP contribution >= 0.6 is 11.8 Å². The summed E-state index contributed by atoms with van der Waals surface area (Å²) in [5, 5.41) is 10.1. The van der Waals surface area contributed by atoms with Crippen LogP contribution in [0.4, 0.5) is 0 Å². The largest absolute Gasteiger partial charge is 0.383 e. The molecule has 0 atom stereocenters. The average molecular weight is 303 g/mol. The fourth-order valence-electron chi connectivity index (χ4n) is 2.61. The molecular formula is C18H13N3S. The van der Waals surface area contributed by atoms with Gasteiger partial charge in [-0.15, -0.1) is 0 Å². The molecule has 3 aromatic rings. The van der Waals surface area contributed by atoms with Crippen LogP contribution < -0.4 is 5.73 Å². The molecule has 0 aromatic heterocycles. The number of benzene rings is 3. The number of aliphatic imine (C=N–C) groups is 1. The SMILES string of the molecule is N=C1N=C(N)c2cc3ccc(Sc4ccccc4)cc3cc21. The van der Waals surface area contributed by atoms with E-state index in [1.165, 1.54) is 9.79 Å². The van der Waals surface area contributed by atoms with Gasteiger partial charge >= 0.3 is 0 Å². The van der Waals surface area contributed by atoms with Crippen molar-refractivity contribution in [1.82, 2.24) is 0 Å². The Bertz CT molecular complexity index is 930. The number of fused-ring (bicyclic) bond motifs is 2. The van der Waals surface area contributed by atoms with Crippen molar-refractivity contribution in [2.24, 2.45) is 10.7 Å². The predicted octanol–water partition coefficient (Wildman–Crippen LogP) is 4.04. The van der Waals surface area contributed by atoms with E-state index in [1.54, 1.807) is 11.8 Å². The van der Waals surface area contributed by atoms with Gasteiger partial charge in [-0.1, -0.05) is 36.0 Å². The lowest BCUT2D eigenvalue weighted by atomic mass is 10.0. The zero-order valence-corrected chi connectivity index (χ0v) is 12.5. The highest BCUT2D eigenvalue weighted by Crippen LogP contribution is 2.32. The molecule has 3 nitrogen and oxygen atoms in total. The maximum absolute atomic E-state index is 7.90. The van der Waals surface area contributed by atoms with Crippen molar-refractivity contribution in [2.45, 2.75) is 9.79 Å². The summed E-state index contributed by atoms with van der Waals surface area (Å²) in [4.78, 5) is 6.43. The van der Waals surface area contributed by atoms with E-state index in [0.717, 1.165) is 21.9 Å². The number of nitrogens with one attached hydrogen (secondary N) is 1. The molecule has 0 amide bonds. The Hall–Kier alpha value is -2.59. The van der Waals surface area contributed by atoms with Crippen LogP contribution in [0.1, 0.15) is 11.1 Å². The van der Waals surface area contributed by atoms with Gasteiger partial charge < -0.3 is 5.73 Å². The van der Waals surface area contributed by atoms with Gasteiger partial charge in [-0.2, -0.15) is 0 Å². The summed E-state index contributed by atoms with van der Waals surface area (Å²) in [6, 6.07) is 20.7. The molecular weight excluding hydrogens is 290 g/mol. The summed E-state index contributed by atoms with van der Waals surface area (Å²) in [6.07, 6.45) is 0. The second-order valence-electron chi connectivity index (χ2n) is 5.17. The predicted molar refractivity (Wildman–Crippen MR) is 92.1 cm³/mol. The lowest BCUT2D eigenvalue weighted by Crippen LogP contribution is -2.10. The zero-order valence-electron chi connectivity index (χ0n) is 11.7. The Balaban J connectivity index is 1.78. The number of nitrogens with zero attached hydrogens (tertiary/aromatic N) is 1. The molecule has 0 spiro atoms. The van der Waals surface area contributed by atoms with Crippen molar-refractivity contribution < 1.29 is 0 Å². The monoisotopic (exact) mass is 303 g/mol. The lowest BCUT2D eigenvalue weighted by Gasteiger charge is -2.06. The second-order valence-corrected chi connectivity index (χ2v) is 6.31. The first-order chi connectivity index (χ1) is 10.7. The van der Waals surface area contributed by atoms with Crippen LogP contribution in [0.25, 0.3) is 10.8 Å². The minimum absolute atomic E-state index is 0.246. The van der Waals surface area contributed by atoms with Crippen LogP contribution in [0.2, 0.25) is 0 Å². The fraction of sp³-hybridized carbons (Fsp3) is 0. The van der Waals surface area contributed by atoms with E-state index in [0.29, 0.717) is 5.84 Å². The minimum Gasteiger partial charge on any atom is -0.383 e. The van der Waals surface area contributed by atoms with Crippen molar-refractivity contribution in [3.05, 3.63) is 71.8 Å². The Kier molecular flexibility index (Phi) is 2.98. The number of rotatable bonds is 2. The first kappa shape index (κ1) is 13.1. The molecule has 0 saturated carbocycles. The van der Waals surface area contributed by atoms with E-state index in [2.05, 4.69) is 35.3 Å². The number of amidine groups is 2. The van der Waals surface area contributed by atoms with Gasteiger partial charge in [0.15, 0.2) is 5.84 Å². The van der Waals surface area contributed by atoms with Crippen molar-refractivity contribution in [1.29, 1.82) is 5.41 Å². The third kappa shape index (κ3) is 2.18. The standard InChI is InChI=1S/C18H13N3S/c19-17-15-9-11-6-7-14(22-13-4-2-1-3-5-13)8-12(11)10-16(15)18(20)21-17/h1-10H,(H3,19,20,21). The highest BCUT2D eigenvalue weighted by molar-refractivity contribution is 7.99. The molecule has 4 heteroatoms. The van der Waals surface area contributed by atoms with E-state index in [1.807, 2.05) is 30.3 Å². The van der Waals surface area contributed by atoms with Crippen molar-refractivity contribution in [3.8, 4) is 0 Å². The van der Waals surface area contributed by atoms with Crippen molar-refractivity contribution in [2.75, 3.05) is 0 Å². The van der Waals surface area contributed by atoms with Gasteiger partial charge in [0.2, 0.25) is 0 Å². The van der Waals surface area contributed by atoms with E-state index in [-0.39, 0.29) is 5.84 Å². The van der Waals surface area contributed by atoms with Crippen LogP contribution in [0, 0.1) is 5.41 Å². The van der Waals surface area contributed by atoms with Crippen LogP contribution in [0.3, 0.4) is 0 Å². The molecule has 0 aliphatic carbocycles. The van der Waals surface area contributed by atoms with Gasteiger partial charge in [0, 0.05) is 20.9 Å². The van der Waals surface area contributed by atoms with Crippen LogP contribution in [-0.4, -0.2) is 11.7 Å². The van der Waals surface area contributed by atoms with Gasteiger partial charge in [-0.05, 0) is 47.2 Å². The smallest absolute Gasteiger partial charge is 0.154 e. The summed E-state index contributed by atoms with van der Waals surface area (Å²) >= 11 is 1.73. The summed E-state index contributed by atoms with van der Waals surface area (Å²) < 4.78 is 0. The molecule has 1 heterocycles. The summed E-state index contributed by atoms with van der Waals surface area (Å²) in [5.41, 5.74) is 7.54. The van der Waals surface area contributed by atoms with Gasteiger partial charge in [0.1, 0.15) is 5.84 Å². The molecule has 3 aromatic carbocycles. The van der Waals surface area contributed by atoms with Crippen LogP contribution in [0.15, 0.2) is 75.4 Å². The summed E-state index contributed by atoms with van der Waals surface area (Å²) in [5.74, 6) is 0.681. The van der Waals surface area contributed by atoms with Gasteiger partial charge in [-0.25, -0.2) is 4.99 Å².